The maximum atomic E-state index is 12.7. The van der Waals surface area contributed by atoms with Crippen molar-refractivity contribution < 1.29 is 213 Å². The van der Waals surface area contributed by atoms with E-state index in [-0.39, 0.29) is 0 Å². The van der Waals surface area contributed by atoms with E-state index in [1.165, 1.54) is 14.2 Å². The molecule has 0 aliphatic carbocycles. The predicted octanol–water partition coefficient (Wildman–Crippen LogP) is -13.9. The highest BCUT2D eigenvalue weighted by Gasteiger charge is 2.59. The summed E-state index contributed by atoms with van der Waals surface area (Å²) in [5.74, 6) is -2.36. The fourth-order valence-corrected chi connectivity index (χ4v) is 12.2. The normalized spacial score (nSPS) is 39.1. The maximum absolute atomic E-state index is 12.7. The fourth-order valence-electron chi connectivity index (χ4n) is 8.52. The van der Waals surface area contributed by atoms with Crippen LogP contribution in [0.1, 0.15) is 0 Å². The highest BCUT2D eigenvalue weighted by molar-refractivity contribution is 7.84. The van der Waals surface area contributed by atoms with E-state index in [0.29, 0.717) is 0 Å². The topological polar surface area (TPSA) is 779 Å². The molecule has 24 atom stereocenters. The molecule has 0 saturated carbocycles. The third kappa shape index (κ3) is 22.5. The minimum absolute atomic E-state index is 1.19. The van der Waals surface area contributed by atoms with Crippen molar-refractivity contribution >= 4 is 88.9 Å². The van der Waals surface area contributed by atoms with Crippen LogP contribution in [-0.2, 0) is 151 Å². The Morgan fingerprint density at radius 2 is 0.816 bits per heavy atom. The minimum atomic E-state index is -6.24. The minimum Gasteiger partial charge on any atom is -0.479 e. The van der Waals surface area contributed by atoms with Crippen LogP contribution in [0.15, 0.2) is 0 Å². The summed E-state index contributed by atoms with van der Waals surface area (Å²) in [5.41, 5.74) is 0. The zero-order valence-electron chi connectivity index (χ0n) is 41.8. The third-order valence-corrected chi connectivity index (χ3v) is 15.8. The molecule has 5 heterocycles. The molecule has 0 aromatic heterocycles. The zero-order chi connectivity index (χ0) is 66.3. The molecular formula is C29H51N3O47S8. The summed E-state index contributed by atoms with van der Waals surface area (Å²) in [6.07, 6.45) is -57.8. The smallest absolute Gasteiger partial charge is 0.397 e. The van der Waals surface area contributed by atoms with Gasteiger partial charge in [-0.25, -0.2) is 25.7 Å². The molecule has 0 bridgehead atoms. The van der Waals surface area contributed by atoms with Gasteiger partial charge in [0.2, 0.25) is 0 Å². The summed E-state index contributed by atoms with van der Waals surface area (Å²) in [4.78, 5) is 12.7. The van der Waals surface area contributed by atoms with Gasteiger partial charge in [-0.15, -0.1) is 0 Å². The van der Waals surface area contributed by atoms with E-state index in [9.17, 15) is 140 Å². The first-order chi connectivity index (χ1) is 39.3. The Morgan fingerprint density at radius 1 is 0.391 bits per heavy atom. The third-order valence-electron chi connectivity index (χ3n) is 11.9. The van der Waals surface area contributed by atoms with Crippen LogP contribution in [0.3, 0.4) is 0 Å². The van der Waals surface area contributed by atoms with Crippen molar-refractivity contribution in [3.05, 3.63) is 0 Å². The molecule has 0 radical (unpaired) electrons. The molecule has 50 nitrogen and oxygen atoms in total. The number of nitrogens with one attached hydrogen (secondary N) is 3. The first-order valence-corrected chi connectivity index (χ1v) is 33.7. The van der Waals surface area contributed by atoms with E-state index in [4.69, 9.17) is 51.7 Å². The number of aliphatic hydroxyl groups is 7. The van der Waals surface area contributed by atoms with Gasteiger partial charge in [-0.2, -0.15) is 81.5 Å². The van der Waals surface area contributed by atoms with Crippen LogP contribution in [0.4, 0.5) is 0 Å². The molecule has 5 aliphatic rings. The number of hydrogen-bond acceptors (Lipinski definition) is 38. The number of hydrogen-bond donors (Lipinski definition) is 19. The molecule has 58 heteroatoms. The molecule has 19 N–H and O–H groups in total. The second-order valence-corrected chi connectivity index (χ2v) is 26.9. The molecular weight excluding hydrogens is 1400 g/mol. The van der Waals surface area contributed by atoms with E-state index >= 15 is 0 Å². The lowest BCUT2D eigenvalue weighted by Gasteiger charge is -2.49. The number of ether oxygens (including phenoxy) is 9. The van der Waals surface area contributed by atoms with Crippen molar-refractivity contribution in [1.29, 1.82) is 0 Å². The average Bonchev–Trinajstić information content (AvgIpc) is 0.900. The van der Waals surface area contributed by atoms with Crippen molar-refractivity contribution in [2.45, 2.75) is 147 Å². The second kappa shape index (κ2) is 28.6. The van der Waals surface area contributed by atoms with E-state index in [0.717, 1.165) is 0 Å². The van der Waals surface area contributed by atoms with E-state index in [2.05, 4.69) is 20.9 Å². The zero-order valence-corrected chi connectivity index (χ0v) is 48.3. The lowest BCUT2D eigenvalue weighted by atomic mass is 9.95. The Kier molecular flexibility index (Phi) is 24.8. The van der Waals surface area contributed by atoms with Gasteiger partial charge in [0.25, 0.3) is 0 Å². The number of carbonyl (C=O) groups is 1. The molecule has 5 rings (SSSR count). The monoisotopic (exact) mass is 1450 g/mol. The van der Waals surface area contributed by atoms with Crippen LogP contribution in [0.25, 0.3) is 0 Å². The van der Waals surface area contributed by atoms with Crippen LogP contribution in [0, 0.1) is 0 Å². The van der Waals surface area contributed by atoms with Gasteiger partial charge in [0, 0.05) is 0 Å². The molecule has 5 fully saturated rings. The van der Waals surface area contributed by atoms with Gasteiger partial charge in [0.05, 0.1) is 26.4 Å². The molecule has 5 aliphatic heterocycles. The summed E-state index contributed by atoms with van der Waals surface area (Å²) in [5, 5.41) is 87.1. The summed E-state index contributed by atoms with van der Waals surface area (Å²) in [6.45, 7) is -6.34. The fraction of sp³-hybridized carbons (Fsp3) is 0.966. The Balaban J connectivity index is 1.53. The molecule has 5 saturated heterocycles. The predicted molar refractivity (Wildman–Crippen MR) is 251 cm³/mol. The quantitative estimate of drug-likeness (QED) is 0.0324. The molecule has 87 heavy (non-hydrogen) atoms. The maximum Gasteiger partial charge on any atom is 0.397 e. The molecule has 0 aromatic rings. The van der Waals surface area contributed by atoms with Gasteiger partial charge in [-0.05, 0) is 0 Å². The lowest BCUT2D eigenvalue weighted by Crippen LogP contribution is -2.70. The van der Waals surface area contributed by atoms with Crippen molar-refractivity contribution in [2.75, 3.05) is 26.4 Å². The van der Waals surface area contributed by atoms with Gasteiger partial charge in [-0.1, -0.05) is 0 Å². The summed E-state index contributed by atoms with van der Waals surface area (Å²) >= 11 is 0. The van der Waals surface area contributed by atoms with E-state index in [1.54, 1.807) is 0 Å². The van der Waals surface area contributed by atoms with Crippen LogP contribution >= 0.6 is 0 Å². The highest BCUT2D eigenvalue weighted by atomic mass is 32.3. The van der Waals surface area contributed by atoms with Crippen LogP contribution in [-0.4, -0.2) is 324 Å². The van der Waals surface area contributed by atoms with Crippen LogP contribution in [0.5, 0.6) is 0 Å². The summed E-state index contributed by atoms with van der Waals surface area (Å²) in [7, 11) is -45.9. The summed E-state index contributed by atoms with van der Waals surface area (Å²) in [6, 6.07) is -8.04. The van der Waals surface area contributed by atoms with Gasteiger partial charge in [0.1, 0.15) is 104 Å². The van der Waals surface area contributed by atoms with Gasteiger partial charge in [0.15, 0.2) is 43.7 Å². The van der Waals surface area contributed by atoms with E-state index in [1.807, 2.05) is 0 Å². The van der Waals surface area contributed by atoms with Crippen molar-refractivity contribution in [2.24, 2.45) is 0 Å². The lowest BCUT2D eigenvalue weighted by molar-refractivity contribution is -0.368. The molecule has 0 spiro atoms. The molecule has 0 amide bonds. The van der Waals surface area contributed by atoms with Gasteiger partial charge < -0.3 is 83.5 Å². The first-order valence-electron chi connectivity index (χ1n) is 22.6. The molecule has 0 aromatic carbocycles. The largest absolute Gasteiger partial charge is 0.479 e. The Bertz CT molecular complexity index is 3320. The average molecular weight is 1450 g/mol. The Labute approximate surface area is 487 Å². The number of rotatable bonds is 28. The van der Waals surface area contributed by atoms with Gasteiger partial charge >= 0.3 is 88.9 Å². The Morgan fingerprint density at radius 3 is 1.30 bits per heavy atom. The number of carboxylic acid groups (broad SMARTS) is 1. The number of aliphatic carboxylic acids is 1. The standard InChI is InChI=1S/C29H51N3O47S8/c33-12-6(2-67-83(51,52)53)72-26(10(14(12)35)31-81(45,46)47)76-21-16(37)17(38)28(77-23(21)24(39)40)75-19-8(4-69-85(57,58)59)73-27(11(32-82(48,49)50)20(19)78-86(60,61)62)71-5-1-66-29(22(13(5)34)79-87(63,64)65)74-18-7(3-68-84(54,55)56)70-25(41)9(15(18)36)30-80(42,43)44/h5-23,25-38,41H,1-4H2,(H,39,40)(H,42,43,44)(H,45,46,47)(H,48,49,50)(H,51,52,53)(H,54,55,56)(H,57,58,59)(H,60,61,62)(H,63,64,65)/t5-,6-,7-,8-,9-,10-,11-,12-,13+,14-,15-,16-,17-,18-,19-,20-,21+,22-,23+,25?,26-,27+,28-,29+/m1/s1. The SMILES string of the molecule is O=C(O)[C@H]1O[C@@H](O[C@H]2[C@H](OS(=O)(=O)O)[C@@H](NS(=O)(=O)O)[C@@H](O[C@@H]3CO[C@@H](O[C@H]4[C@H](O)[C@@H](NS(=O)(=O)O)C(O)O[C@@H]4COS(=O)(=O)O)[C@H](OS(=O)(=O)O)[C@H]3O)O[C@@H]2COS(=O)(=O)O)[C@H](O)[C@@H](O)[C@@H]1O[C@H]1O[C@H](COS(=O)(=O)O)[C@@H](O)[C@H](O)[C@H]1NS(=O)(=O)O. The summed E-state index contributed by atoms with van der Waals surface area (Å²) < 4.78 is 339. The van der Waals surface area contributed by atoms with Gasteiger partial charge in [-0.3, -0.25) is 36.4 Å². The molecule has 1 unspecified atom stereocenters. The number of carboxylic acids is 1. The van der Waals surface area contributed by atoms with Crippen molar-refractivity contribution in [3.63, 3.8) is 0 Å². The van der Waals surface area contributed by atoms with E-state index < -0.39 is 263 Å². The van der Waals surface area contributed by atoms with Crippen molar-refractivity contribution in [1.82, 2.24) is 14.2 Å². The number of aliphatic hydroxyl groups excluding tert-OH is 7. The second-order valence-electron chi connectivity index (χ2n) is 18.0. The van der Waals surface area contributed by atoms with Crippen LogP contribution in [0.2, 0.25) is 0 Å². The first kappa shape index (κ1) is 75.5. The van der Waals surface area contributed by atoms with Crippen molar-refractivity contribution in [3.8, 4) is 0 Å². The molecule has 512 valence electrons. The highest BCUT2D eigenvalue weighted by Crippen LogP contribution is 2.37. The van der Waals surface area contributed by atoms with Crippen LogP contribution < -0.4 is 14.2 Å². The Hall–Kier alpha value is -2.21.